The van der Waals surface area contributed by atoms with Crippen molar-refractivity contribution in [1.29, 1.82) is 0 Å². The molecule has 5 heteroatoms. The molecule has 0 aliphatic carbocycles. The highest BCUT2D eigenvalue weighted by Crippen LogP contribution is 2.38. The van der Waals surface area contributed by atoms with Crippen LogP contribution in [-0.4, -0.2) is 40.4 Å². The first kappa shape index (κ1) is 23.6. The Labute approximate surface area is 191 Å². The Balaban J connectivity index is 1.65. The monoisotopic (exact) mass is 431 g/mol. The van der Waals surface area contributed by atoms with Crippen LogP contribution in [0.25, 0.3) is 0 Å². The molecule has 2 N–H and O–H groups in total. The van der Waals surface area contributed by atoms with Crippen LogP contribution < -0.4 is 10.6 Å². The number of rotatable bonds is 4. The van der Waals surface area contributed by atoms with Gasteiger partial charge >= 0.3 is 0 Å². The first-order valence-electron chi connectivity index (χ1n) is 11.1. The zero-order chi connectivity index (χ0) is 23.4. The maximum Gasteiger partial charge on any atom is 0.251 e. The van der Waals surface area contributed by atoms with Gasteiger partial charge in [-0.2, -0.15) is 0 Å². The van der Waals surface area contributed by atoms with Gasteiger partial charge in [0.15, 0.2) is 0 Å². The van der Waals surface area contributed by atoms with Gasteiger partial charge in [-0.1, -0.05) is 30.0 Å². The molecule has 1 aliphatic heterocycles. The Kier molecular flexibility index (Phi) is 7.06. The number of anilines is 1. The molecule has 0 aromatic heterocycles. The third-order valence-electron chi connectivity index (χ3n) is 6.00. The van der Waals surface area contributed by atoms with Crippen LogP contribution in [0.3, 0.4) is 0 Å². The lowest BCUT2D eigenvalue weighted by molar-refractivity contribution is -0.114. The van der Waals surface area contributed by atoms with E-state index in [1.54, 1.807) is 0 Å². The highest BCUT2D eigenvalue weighted by atomic mass is 16.2. The number of nitrogens with one attached hydrogen (secondary N) is 2. The van der Waals surface area contributed by atoms with Crippen molar-refractivity contribution in [3.05, 3.63) is 65.7 Å². The summed E-state index contributed by atoms with van der Waals surface area (Å²) >= 11 is 0. The summed E-state index contributed by atoms with van der Waals surface area (Å²) in [7, 11) is 0. The van der Waals surface area contributed by atoms with Crippen molar-refractivity contribution in [2.45, 2.75) is 64.6 Å². The van der Waals surface area contributed by atoms with Crippen LogP contribution in [0.1, 0.15) is 63.4 Å². The van der Waals surface area contributed by atoms with Crippen LogP contribution in [-0.2, 0) is 4.79 Å². The van der Waals surface area contributed by atoms with Crippen LogP contribution >= 0.6 is 0 Å². The topological polar surface area (TPSA) is 61.4 Å². The fourth-order valence-corrected chi connectivity index (χ4v) is 4.77. The number of carbonyl (C=O) groups is 2. The van der Waals surface area contributed by atoms with Crippen molar-refractivity contribution in [2.24, 2.45) is 0 Å². The van der Waals surface area contributed by atoms with E-state index in [2.05, 4.69) is 55.1 Å². The molecule has 0 bridgehead atoms. The SMILES string of the molecule is CC(=O)Nc1ccc(C#CCN2C(C)(C)CC(NC(=O)c3ccccc3)CC2(C)C)cc1. The number of hydrogen-bond donors (Lipinski definition) is 2. The van der Waals surface area contributed by atoms with Crippen molar-refractivity contribution in [3.8, 4) is 11.8 Å². The number of likely N-dealkylation sites (tertiary alicyclic amines) is 1. The second-order valence-electron chi connectivity index (χ2n) is 9.72. The molecule has 1 fully saturated rings. The summed E-state index contributed by atoms with van der Waals surface area (Å²) in [5.74, 6) is 6.46. The standard InChI is InChI=1S/C27H33N3O2/c1-20(31)28-23-15-13-21(14-16-23)10-9-17-30-26(2,3)18-24(19-27(30,4)5)29-25(32)22-11-7-6-8-12-22/h6-8,11-16,24H,17-19H2,1-5H3,(H,28,31)(H,29,32). The number of amides is 2. The van der Waals surface area contributed by atoms with E-state index in [9.17, 15) is 9.59 Å². The molecule has 0 unspecified atom stereocenters. The summed E-state index contributed by atoms with van der Waals surface area (Å²) in [5.41, 5.74) is 2.16. The molecular weight excluding hydrogens is 398 g/mol. The van der Waals surface area contributed by atoms with Crippen LogP contribution in [0.2, 0.25) is 0 Å². The van der Waals surface area contributed by atoms with Gasteiger partial charge in [0.05, 0.1) is 6.54 Å². The molecule has 2 amide bonds. The van der Waals surface area contributed by atoms with E-state index in [1.165, 1.54) is 6.92 Å². The molecule has 0 saturated carbocycles. The molecule has 1 saturated heterocycles. The van der Waals surface area contributed by atoms with Gasteiger partial charge in [-0.05, 0) is 76.9 Å². The second kappa shape index (κ2) is 9.58. The summed E-state index contributed by atoms with van der Waals surface area (Å²) in [4.78, 5) is 26.2. The molecule has 0 spiro atoms. The van der Waals surface area contributed by atoms with Crippen LogP contribution in [0, 0.1) is 11.8 Å². The fourth-order valence-electron chi connectivity index (χ4n) is 4.77. The Morgan fingerprint density at radius 3 is 2.12 bits per heavy atom. The third kappa shape index (κ3) is 5.99. The summed E-state index contributed by atoms with van der Waals surface area (Å²) in [5, 5.41) is 6.00. The van der Waals surface area contributed by atoms with E-state index in [1.807, 2.05) is 54.6 Å². The van der Waals surface area contributed by atoms with Crippen LogP contribution in [0.4, 0.5) is 5.69 Å². The minimum atomic E-state index is -0.111. The van der Waals surface area contributed by atoms with E-state index in [-0.39, 0.29) is 28.9 Å². The molecule has 2 aromatic rings. The van der Waals surface area contributed by atoms with E-state index in [4.69, 9.17) is 0 Å². The lowest BCUT2D eigenvalue weighted by Crippen LogP contribution is -2.64. The Morgan fingerprint density at radius 1 is 0.969 bits per heavy atom. The predicted molar refractivity (Wildman–Crippen MR) is 129 cm³/mol. The Bertz CT molecular complexity index is 996. The number of piperidine rings is 1. The number of benzene rings is 2. The van der Waals surface area contributed by atoms with Gasteiger partial charge in [0.25, 0.3) is 5.91 Å². The summed E-state index contributed by atoms with van der Waals surface area (Å²) in [6.07, 6.45) is 1.73. The molecular formula is C27H33N3O2. The predicted octanol–water partition coefficient (Wildman–Crippen LogP) is 4.45. The molecule has 0 atom stereocenters. The van der Waals surface area contributed by atoms with Crippen molar-refractivity contribution in [2.75, 3.05) is 11.9 Å². The zero-order valence-corrected chi connectivity index (χ0v) is 19.7. The second-order valence-corrected chi connectivity index (χ2v) is 9.72. The van der Waals surface area contributed by atoms with Gasteiger partial charge in [0.1, 0.15) is 0 Å². The highest BCUT2D eigenvalue weighted by molar-refractivity contribution is 5.94. The lowest BCUT2D eigenvalue weighted by atomic mass is 9.77. The average molecular weight is 432 g/mol. The van der Waals surface area contributed by atoms with Gasteiger partial charge in [0, 0.05) is 40.9 Å². The van der Waals surface area contributed by atoms with Gasteiger partial charge in [-0.25, -0.2) is 0 Å². The first-order valence-corrected chi connectivity index (χ1v) is 11.1. The van der Waals surface area contributed by atoms with E-state index < -0.39 is 0 Å². The van der Waals surface area contributed by atoms with Gasteiger partial charge in [-0.3, -0.25) is 14.5 Å². The third-order valence-corrected chi connectivity index (χ3v) is 6.00. The Morgan fingerprint density at radius 2 is 1.56 bits per heavy atom. The number of nitrogens with zero attached hydrogens (tertiary/aromatic N) is 1. The van der Waals surface area contributed by atoms with E-state index in [0.29, 0.717) is 12.1 Å². The number of hydrogen-bond acceptors (Lipinski definition) is 3. The van der Waals surface area contributed by atoms with Gasteiger partial charge in [-0.15, -0.1) is 0 Å². The van der Waals surface area contributed by atoms with E-state index >= 15 is 0 Å². The molecule has 168 valence electrons. The van der Waals surface area contributed by atoms with Crippen LogP contribution in [0.15, 0.2) is 54.6 Å². The largest absolute Gasteiger partial charge is 0.349 e. The summed E-state index contributed by atoms with van der Waals surface area (Å²) in [6.45, 7) is 11.0. The van der Waals surface area contributed by atoms with E-state index in [0.717, 1.165) is 24.1 Å². The molecule has 2 aromatic carbocycles. The molecule has 3 rings (SSSR count). The summed E-state index contributed by atoms with van der Waals surface area (Å²) in [6, 6.07) is 17.0. The molecule has 1 heterocycles. The average Bonchev–Trinajstić information content (AvgIpc) is 2.70. The molecule has 0 radical (unpaired) electrons. The highest BCUT2D eigenvalue weighted by Gasteiger charge is 2.45. The minimum Gasteiger partial charge on any atom is -0.349 e. The quantitative estimate of drug-likeness (QED) is 0.703. The molecule has 5 nitrogen and oxygen atoms in total. The maximum atomic E-state index is 12.7. The fraction of sp³-hybridized carbons (Fsp3) is 0.407. The molecule has 1 aliphatic rings. The number of carbonyl (C=O) groups excluding carboxylic acids is 2. The smallest absolute Gasteiger partial charge is 0.251 e. The van der Waals surface area contributed by atoms with Crippen LogP contribution in [0.5, 0.6) is 0 Å². The zero-order valence-electron chi connectivity index (χ0n) is 19.7. The maximum absolute atomic E-state index is 12.7. The Hall–Kier alpha value is -3.10. The van der Waals surface area contributed by atoms with Gasteiger partial charge < -0.3 is 10.6 Å². The lowest BCUT2D eigenvalue weighted by Gasteiger charge is -2.54. The minimum absolute atomic E-state index is 0.0156. The van der Waals surface area contributed by atoms with Crippen molar-refractivity contribution in [3.63, 3.8) is 0 Å². The van der Waals surface area contributed by atoms with Crippen molar-refractivity contribution >= 4 is 17.5 Å². The van der Waals surface area contributed by atoms with Gasteiger partial charge in [0.2, 0.25) is 5.91 Å². The van der Waals surface area contributed by atoms with Crippen molar-refractivity contribution < 1.29 is 9.59 Å². The normalized spacial score (nSPS) is 17.7. The summed E-state index contributed by atoms with van der Waals surface area (Å²) < 4.78 is 0. The first-order chi connectivity index (χ1) is 15.1. The van der Waals surface area contributed by atoms with Crippen molar-refractivity contribution in [1.82, 2.24) is 10.2 Å². The molecule has 32 heavy (non-hydrogen) atoms.